The summed E-state index contributed by atoms with van der Waals surface area (Å²) in [5, 5.41) is 5.80. The van der Waals surface area contributed by atoms with E-state index in [1.54, 1.807) is 0 Å². The van der Waals surface area contributed by atoms with Gasteiger partial charge < -0.3 is 10.2 Å². The van der Waals surface area contributed by atoms with Crippen molar-refractivity contribution in [2.45, 2.75) is 25.8 Å². The van der Waals surface area contributed by atoms with Crippen LogP contribution in [0.5, 0.6) is 0 Å². The van der Waals surface area contributed by atoms with E-state index in [0.29, 0.717) is 6.54 Å². The first-order valence-corrected chi connectivity index (χ1v) is 9.97. The SMILES string of the molecule is c1ccc2c(CNc3nc(N4CCCCC4)nc4ccccc34)ccnc2c1. The van der Waals surface area contributed by atoms with Crippen LogP contribution in [0.15, 0.2) is 60.8 Å². The van der Waals surface area contributed by atoms with Gasteiger partial charge in [-0.15, -0.1) is 0 Å². The summed E-state index contributed by atoms with van der Waals surface area (Å²) in [6, 6.07) is 18.6. The van der Waals surface area contributed by atoms with E-state index >= 15 is 0 Å². The molecule has 0 amide bonds. The maximum Gasteiger partial charge on any atom is 0.227 e. The molecule has 1 aliphatic rings. The molecular formula is C23H23N5. The van der Waals surface area contributed by atoms with Gasteiger partial charge in [0.25, 0.3) is 0 Å². The standard InChI is InChI=1S/C23H23N5/c1-6-14-28(15-7-1)23-26-21-11-5-3-9-19(21)22(27-23)25-16-17-12-13-24-20-10-4-2-8-18(17)20/h2-5,8-13H,1,6-7,14-16H2,(H,25,26,27). The zero-order valence-corrected chi connectivity index (χ0v) is 15.8. The molecule has 3 heterocycles. The summed E-state index contributed by atoms with van der Waals surface area (Å²) < 4.78 is 0. The number of aromatic nitrogens is 3. The molecule has 1 saturated heterocycles. The molecule has 0 unspecified atom stereocenters. The highest BCUT2D eigenvalue weighted by molar-refractivity contribution is 5.90. The maximum atomic E-state index is 4.91. The van der Waals surface area contributed by atoms with E-state index in [9.17, 15) is 0 Å². The Hall–Kier alpha value is -3.21. The fourth-order valence-corrected chi connectivity index (χ4v) is 3.92. The second-order valence-electron chi connectivity index (χ2n) is 7.28. The van der Waals surface area contributed by atoms with E-state index in [1.807, 2.05) is 30.5 Å². The Kier molecular flexibility index (Phi) is 4.49. The highest BCUT2D eigenvalue weighted by Gasteiger charge is 2.16. The molecule has 0 atom stereocenters. The quantitative estimate of drug-likeness (QED) is 0.561. The molecule has 1 aliphatic heterocycles. The third-order valence-electron chi connectivity index (χ3n) is 5.42. The van der Waals surface area contributed by atoms with Gasteiger partial charge in [0.2, 0.25) is 5.95 Å². The number of hydrogen-bond donors (Lipinski definition) is 1. The molecule has 1 fully saturated rings. The number of hydrogen-bond acceptors (Lipinski definition) is 5. The van der Waals surface area contributed by atoms with Gasteiger partial charge in [-0.05, 0) is 49.1 Å². The van der Waals surface area contributed by atoms with E-state index in [1.165, 1.54) is 30.2 Å². The van der Waals surface area contributed by atoms with Crippen molar-refractivity contribution in [2.75, 3.05) is 23.3 Å². The number of rotatable bonds is 4. The van der Waals surface area contributed by atoms with Crippen molar-refractivity contribution in [3.63, 3.8) is 0 Å². The van der Waals surface area contributed by atoms with Crippen LogP contribution in [0.3, 0.4) is 0 Å². The Morgan fingerprint density at radius 1 is 0.786 bits per heavy atom. The third kappa shape index (κ3) is 3.24. The van der Waals surface area contributed by atoms with Crippen LogP contribution < -0.4 is 10.2 Å². The van der Waals surface area contributed by atoms with E-state index in [-0.39, 0.29) is 0 Å². The van der Waals surface area contributed by atoms with Gasteiger partial charge in [-0.25, -0.2) is 4.98 Å². The molecule has 5 nitrogen and oxygen atoms in total. The molecule has 0 spiro atoms. The summed E-state index contributed by atoms with van der Waals surface area (Å²) in [5.41, 5.74) is 3.22. The number of pyridine rings is 1. The molecule has 0 bridgehead atoms. The van der Waals surface area contributed by atoms with Gasteiger partial charge >= 0.3 is 0 Å². The first kappa shape index (κ1) is 16.9. The Morgan fingerprint density at radius 2 is 1.54 bits per heavy atom. The van der Waals surface area contributed by atoms with E-state index in [2.05, 4.69) is 45.5 Å². The van der Waals surface area contributed by atoms with Crippen LogP contribution in [-0.2, 0) is 6.54 Å². The highest BCUT2D eigenvalue weighted by Crippen LogP contribution is 2.26. The lowest BCUT2D eigenvalue weighted by atomic mass is 10.1. The van der Waals surface area contributed by atoms with Crippen molar-refractivity contribution in [3.05, 3.63) is 66.4 Å². The van der Waals surface area contributed by atoms with E-state index in [4.69, 9.17) is 9.97 Å². The molecule has 5 rings (SSSR count). The number of benzene rings is 2. The normalized spacial score (nSPS) is 14.5. The first-order valence-electron chi connectivity index (χ1n) is 9.97. The molecule has 28 heavy (non-hydrogen) atoms. The fraction of sp³-hybridized carbons (Fsp3) is 0.261. The van der Waals surface area contributed by atoms with Gasteiger partial charge in [-0.3, -0.25) is 4.98 Å². The molecule has 140 valence electrons. The van der Waals surface area contributed by atoms with Crippen LogP contribution in [0, 0.1) is 0 Å². The van der Waals surface area contributed by atoms with Gasteiger partial charge in [0.05, 0.1) is 11.0 Å². The van der Waals surface area contributed by atoms with Crippen LogP contribution in [0.1, 0.15) is 24.8 Å². The predicted molar refractivity (Wildman–Crippen MR) is 115 cm³/mol. The summed E-state index contributed by atoms with van der Waals surface area (Å²) in [4.78, 5) is 16.5. The molecule has 4 aromatic rings. The maximum absolute atomic E-state index is 4.91. The molecular weight excluding hydrogens is 346 g/mol. The topological polar surface area (TPSA) is 53.9 Å². The van der Waals surface area contributed by atoms with Crippen LogP contribution in [0.2, 0.25) is 0 Å². The minimum absolute atomic E-state index is 0.698. The smallest absolute Gasteiger partial charge is 0.227 e. The Morgan fingerprint density at radius 3 is 2.39 bits per heavy atom. The average Bonchev–Trinajstić information content (AvgIpc) is 2.78. The Labute approximate surface area is 164 Å². The molecule has 2 aromatic carbocycles. The van der Waals surface area contributed by atoms with Gasteiger partial charge in [-0.1, -0.05) is 30.3 Å². The number of anilines is 2. The summed E-state index contributed by atoms with van der Waals surface area (Å²) >= 11 is 0. The molecule has 2 aromatic heterocycles. The number of piperidine rings is 1. The van der Waals surface area contributed by atoms with Crippen LogP contribution in [0.25, 0.3) is 21.8 Å². The number of para-hydroxylation sites is 2. The first-order chi connectivity index (χ1) is 13.9. The van der Waals surface area contributed by atoms with Gasteiger partial charge in [0.1, 0.15) is 5.82 Å². The van der Waals surface area contributed by atoms with Crippen molar-refractivity contribution >= 4 is 33.6 Å². The van der Waals surface area contributed by atoms with Gasteiger partial charge in [0, 0.05) is 36.6 Å². The van der Waals surface area contributed by atoms with Crippen molar-refractivity contribution in [2.24, 2.45) is 0 Å². The fourth-order valence-electron chi connectivity index (χ4n) is 3.92. The van der Waals surface area contributed by atoms with Crippen LogP contribution >= 0.6 is 0 Å². The molecule has 0 aliphatic carbocycles. The Balaban J connectivity index is 1.50. The van der Waals surface area contributed by atoms with E-state index < -0.39 is 0 Å². The predicted octanol–water partition coefficient (Wildman–Crippen LogP) is 4.78. The second kappa shape index (κ2) is 7.43. The summed E-state index contributed by atoms with van der Waals surface area (Å²) in [5.74, 6) is 1.73. The van der Waals surface area contributed by atoms with Crippen LogP contribution in [-0.4, -0.2) is 28.0 Å². The van der Waals surface area contributed by atoms with Gasteiger partial charge in [-0.2, -0.15) is 4.98 Å². The Bertz CT molecular complexity index is 1110. The second-order valence-corrected chi connectivity index (χ2v) is 7.28. The van der Waals surface area contributed by atoms with Crippen LogP contribution in [0.4, 0.5) is 11.8 Å². The minimum atomic E-state index is 0.698. The lowest BCUT2D eigenvalue weighted by molar-refractivity contribution is 0.569. The zero-order valence-electron chi connectivity index (χ0n) is 15.8. The number of nitrogens with one attached hydrogen (secondary N) is 1. The summed E-state index contributed by atoms with van der Waals surface area (Å²) in [6.45, 7) is 2.77. The molecule has 0 radical (unpaired) electrons. The minimum Gasteiger partial charge on any atom is -0.365 e. The summed E-state index contributed by atoms with van der Waals surface area (Å²) in [6.07, 6.45) is 5.59. The number of fused-ring (bicyclic) bond motifs is 2. The number of nitrogens with zero attached hydrogens (tertiary/aromatic N) is 4. The monoisotopic (exact) mass is 369 g/mol. The lowest BCUT2D eigenvalue weighted by Crippen LogP contribution is -2.31. The highest BCUT2D eigenvalue weighted by atomic mass is 15.3. The average molecular weight is 369 g/mol. The van der Waals surface area contributed by atoms with Crippen molar-refractivity contribution in [1.82, 2.24) is 15.0 Å². The van der Waals surface area contributed by atoms with Crippen molar-refractivity contribution in [3.8, 4) is 0 Å². The van der Waals surface area contributed by atoms with Gasteiger partial charge in [0.15, 0.2) is 0 Å². The molecule has 0 saturated carbocycles. The summed E-state index contributed by atoms with van der Waals surface area (Å²) in [7, 11) is 0. The van der Waals surface area contributed by atoms with Crippen molar-refractivity contribution < 1.29 is 0 Å². The third-order valence-corrected chi connectivity index (χ3v) is 5.42. The van der Waals surface area contributed by atoms with E-state index in [0.717, 1.165) is 41.3 Å². The lowest BCUT2D eigenvalue weighted by Gasteiger charge is -2.27. The van der Waals surface area contributed by atoms with Crippen molar-refractivity contribution in [1.29, 1.82) is 0 Å². The molecule has 1 N–H and O–H groups in total. The largest absolute Gasteiger partial charge is 0.365 e. The zero-order chi connectivity index (χ0) is 18.8. The molecule has 5 heteroatoms.